The second-order valence-corrected chi connectivity index (χ2v) is 6.05. The maximum Gasteiger partial charge on any atom is 0.122 e. The Bertz CT molecular complexity index is 648. The number of aryl methyl sites for hydroxylation is 3. The molecule has 2 N–H and O–H groups in total. The van der Waals surface area contributed by atoms with Gasteiger partial charge in [0.2, 0.25) is 0 Å². The fourth-order valence-corrected chi connectivity index (χ4v) is 3.03. The van der Waals surface area contributed by atoms with Crippen molar-refractivity contribution in [2.24, 2.45) is 5.73 Å². The maximum absolute atomic E-state index is 6.40. The Labute approximate surface area is 126 Å². The molecule has 21 heavy (non-hydrogen) atoms. The van der Waals surface area contributed by atoms with E-state index in [2.05, 4.69) is 50.2 Å². The molecule has 0 fully saturated rings. The summed E-state index contributed by atoms with van der Waals surface area (Å²) in [6.45, 7) is 5.08. The minimum Gasteiger partial charge on any atom is -0.493 e. The largest absolute Gasteiger partial charge is 0.493 e. The lowest BCUT2D eigenvalue weighted by Gasteiger charge is -2.16. The van der Waals surface area contributed by atoms with Gasteiger partial charge in [0.05, 0.1) is 6.61 Å². The molecule has 0 bridgehead atoms. The Morgan fingerprint density at radius 1 is 1.14 bits per heavy atom. The number of hydrogen-bond acceptors (Lipinski definition) is 2. The highest BCUT2D eigenvalue weighted by atomic mass is 16.5. The van der Waals surface area contributed by atoms with E-state index in [-0.39, 0.29) is 6.04 Å². The van der Waals surface area contributed by atoms with Gasteiger partial charge in [-0.3, -0.25) is 0 Å². The van der Waals surface area contributed by atoms with Crippen LogP contribution in [0.15, 0.2) is 36.4 Å². The van der Waals surface area contributed by atoms with Crippen LogP contribution in [0.4, 0.5) is 0 Å². The van der Waals surface area contributed by atoms with Crippen LogP contribution in [0, 0.1) is 13.8 Å². The molecule has 1 aliphatic heterocycles. The van der Waals surface area contributed by atoms with Gasteiger partial charge in [-0.2, -0.15) is 0 Å². The summed E-state index contributed by atoms with van der Waals surface area (Å²) < 4.78 is 5.55. The first-order chi connectivity index (χ1) is 10.1. The van der Waals surface area contributed by atoms with Crippen molar-refractivity contribution >= 4 is 0 Å². The molecule has 2 heteroatoms. The van der Waals surface area contributed by atoms with Crippen LogP contribution in [0.5, 0.6) is 5.75 Å². The Hall–Kier alpha value is -1.80. The van der Waals surface area contributed by atoms with Crippen molar-refractivity contribution in [3.63, 3.8) is 0 Å². The summed E-state index contributed by atoms with van der Waals surface area (Å²) in [7, 11) is 0. The predicted molar refractivity (Wildman–Crippen MR) is 86.8 cm³/mol. The molecule has 2 nitrogen and oxygen atoms in total. The number of benzene rings is 2. The molecule has 0 aromatic heterocycles. The van der Waals surface area contributed by atoms with Gasteiger partial charge >= 0.3 is 0 Å². The molecule has 1 aliphatic rings. The monoisotopic (exact) mass is 281 g/mol. The van der Waals surface area contributed by atoms with Gasteiger partial charge in [0.25, 0.3) is 0 Å². The maximum atomic E-state index is 6.40. The highest BCUT2D eigenvalue weighted by Crippen LogP contribution is 2.27. The molecule has 0 aliphatic carbocycles. The molecule has 3 rings (SSSR count). The van der Waals surface area contributed by atoms with Crippen LogP contribution >= 0.6 is 0 Å². The zero-order valence-electron chi connectivity index (χ0n) is 12.9. The standard InChI is InChI=1S/C19H23NO/c1-13-3-4-14(2)17(11-13)18(20)7-5-15-6-8-19-16(12-15)9-10-21-19/h3-4,6,8,11-12,18H,5,7,9-10,20H2,1-2H3. The second kappa shape index (κ2) is 5.90. The van der Waals surface area contributed by atoms with E-state index in [9.17, 15) is 0 Å². The molecule has 2 aromatic carbocycles. The summed E-state index contributed by atoms with van der Waals surface area (Å²) in [4.78, 5) is 0. The van der Waals surface area contributed by atoms with Gasteiger partial charge in [-0.05, 0) is 55.0 Å². The Morgan fingerprint density at radius 3 is 2.86 bits per heavy atom. The average Bonchev–Trinajstić information content (AvgIpc) is 2.94. The third kappa shape index (κ3) is 3.11. The van der Waals surface area contributed by atoms with Crippen molar-refractivity contribution in [2.75, 3.05) is 6.61 Å². The zero-order valence-corrected chi connectivity index (χ0v) is 12.9. The molecule has 0 spiro atoms. The highest BCUT2D eigenvalue weighted by Gasteiger charge is 2.13. The highest BCUT2D eigenvalue weighted by molar-refractivity contribution is 5.40. The van der Waals surface area contributed by atoms with Crippen molar-refractivity contribution in [2.45, 2.75) is 39.2 Å². The summed E-state index contributed by atoms with van der Waals surface area (Å²) in [6.07, 6.45) is 3.03. The molecule has 110 valence electrons. The summed E-state index contributed by atoms with van der Waals surface area (Å²) >= 11 is 0. The topological polar surface area (TPSA) is 35.2 Å². The number of rotatable bonds is 4. The molecule has 0 amide bonds. The van der Waals surface area contributed by atoms with Gasteiger partial charge in [-0.25, -0.2) is 0 Å². The lowest BCUT2D eigenvalue weighted by atomic mass is 9.94. The van der Waals surface area contributed by atoms with Crippen LogP contribution < -0.4 is 10.5 Å². The van der Waals surface area contributed by atoms with Crippen molar-refractivity contribution < 1.29 is 4.74 Å². The van der Waals surface area contributed by atoms with Gasteiger partial charge in [-0.1, -0.05) is 35.9 Å². The Balaban J connectivity index is 1.68. The van der Waals surface area contributed by atoms with Crippen molar-refractivity contribution in [1.82, 2.24) is 0 Å². The minimum atomic E-state index is 0.106. The normalized spacial score (nSPS) is 14.6. The number of ether oxygens (including phenoxy) is 1. The number of fused-ring (bicyclic) bond motifs is 1. The van der Waals surface area contributed by atoms with Gasteiger partial charge in [0.1, 0.15) is 5.75 Å². The van der Waals surface area contributed by atoms with E-state index in [1.54, 1.807) is 0 Å². The molecule has 0 radical (unpaired) electrons. The van der Waals surface area contributed by atoms with Crippen molar-refractivity contribution in [3.8, 4) is 5.75 Å². The van der Waals surface area contributed by atoms with Gasteiger partial charge in [0, 0.05) is 12.5 Å². The predicted octanol–water partition coefficient (Wildman–Crippen LogP) is 3.87. The quantitative estimate of drug-likeness (QED) is 0.923. The van der Waals surface area contributed by atoms with Crippen molar-refractivity contribution in [1.29, 1.82) is 0 Å². The van der Waals surface area contributed by atoms with Crippen LogP contribution in [0.1, 0.15) is 40.3 Å². The first-order valence-electron chi connectivity index (χ1n) is 7.71. The summed E-state index contributed by atoms with van der Waals surface area (Å²) in [5, 5.41) is 0. The number of hydrogen-bond donors (Lipinski definition) is 1. The van der Waals surface area contributed by atoms with E-state index in [1.807, 2.05) is 0 Å². The second-order valence-electron chi connectivity index (χ2n) is 6.05. The van der Waals surface area contributed by atoms with Crippen LogP contribution in [0.25, 0.3) is 0 Å². The molecule has 1 heterocycles. The van der Waals surface area contributed by atoms with Gasteiger partial charge in [0.15, 0.2) is 0 Å². The fourth-order valence-electron chi connectivity index (χ4n) is 3.03. The van der Waals surface area contributed by atoms with Gasteiger partial charge < -0.3 is 10.5 Å². The lowest BCUT2D eigenvalue weighted by molar-refractivity contribution is 0.357. The van der Waals surface area contributed by atoms with E-state index >= 15 is 0 Å². The van der Waals surface area contributed by atoms with E-state index in [4.69, 9.17) is 10.5 Å². The molecule has 1 atom stereocenters. The molecular weight excluding hydrogens is 258 g/mol. The van der Waals surface area contributed by atoms with Crippen LogP contribution in [-0.2, 0) is 12.8 Å². The Kier molecular flexibility index (Phi) is 3.98. The summed E-state index contributed by atoms with van der Waals surface area (Å²) in [5.41, 5.74) is 12.9. The van der Waals surface area contributed by atoms with E-state index < -0.39 is 0 Å². The van der Waals surface area contributed by atoms with E-state index in [1.165, 1.54) is 27.8 Å². The molecule has 0 saturated carbocycles. The van der Waals surface area contributed by atoms with Gasteiger partial charge in [-0.15, -0.1) is 0 Å². The third-order valence-corrected chi connectivity index (χ3v) is 4.33. The molecule has 1 unspecified atom stereocenters. The SMILES string of the molecule is Cc1ccc(C)c(C(N)CCc2ccc3c(c2)CCO3)c1. The fraction of sp³-hybridized carbons (Fsp3) is 0.368. The van der Waals surface area contributed by atoms with Crippen LogP contribution in [-0.4, -0.2) is 6.61 Å². The third-order valence-electron chi connectivity index (χ3n) is 4.33. The van der Waals surface area contributed by atoms with Crippen LogP contribution in [0.3, 0.4) is 0 Å². The smallest absolute Gasteiger partial charge is 0.122 e. The molecule has 2 aromatic rings. The minimum absolute atomic E-state index is 0.106. The van der Waals surface area contributed by atoms with Crippen LogP contribution in [0.2, 0.25) is 0 Å². The van der Waals surface area contributed by atoms with Crippen molar-refractivity contribution in [3.05, 3.63) is 64.2 Å². The Morgan fingerprint density at radius 2 is 2.00 bits per heavy atom. The first-order valence-corrected chi connectivity index (χ1v) is 7.71. The average molecular weight is 281 g/mol. The summed E-state index contributed by atoms with van der Waals surface area (Å²) in [6, 6.07) is 13.2. The summed E-state index contributed by atoms with van der Waals surface area (Å²) in [5.74, 6) is 1.05. The lowest BCUT2D eigenvalue weighted by Crippen LogP contribution is -2.13. The first kappa shape index (κ1) is 14.2. The van der Waals surface area contributed by atoms with E-state index in [0.717, 1.165) is 31.6 Å². The molecular formula is C19H23NO. The number of nitrogens with two attached hydrogens (primary N) is 1. The van der Waals surface area contributed by atoms with E-state index in [0.29, 0.717) is 0 Å². The molecule has 0 saturated heterocycles. The zero-order chi connectivity index (χ0) is 14.8.